The van der Waals surface area contributed by atoms with Crippen LogP contribution in [0, 0.1) is 0 Å². The molecule has 1 aliphatic carbocycles. The smallest absolute Gasteiger partial charge is 0.407 e. The van der Waals surface area contributed by atoms with E-state index in [1.54, 1.807) is 0 Å². The zero-order valence-corrected chi connectivity index (χ0v) is 26.9. The third-order valence-electron chi connectivity index (χ3n) is 7.25. The van der Waals surface area contributed by atoms with Gasteiger partial charge in [0.05, 0.1) is 51.2 Å². The lowest BCUT2D eigenvalue weighted by molar-refractivity contribution is 0.0147. The molecule has 7 N–H and O–H groups in total. The largest absolute Gasteiger partial charge is 0.444 e. The van der Waals surface area contributed by atoms with Gasteiger partial charge in [0.2, 0.25) is 5.95 Å². The van der Waals surface area contributed by atoms with Crippen molar-refractivity contribution in [1.82, 2.24) is 25.1 Å². The average Bonchev–Trinajstić information content (AvgIpc) is 3.42. The maximum atomic E-state index is 12.5. The van der Waals surface area contributed by atoms with Gasteiger partial charge in [-0.2, -0.15) is 4.98 Å². The van der Waals surface area contributed by atoms with Crippen LogP contribution in [-0.4, -0.2) is 95.6 Å². The number of benzene rings is 1. The van der Waals surface area contributed by atoms with E-state index in [4.69, 9.17) is 30.4 Å². The summed E-state index contributed by atoms with van der Waals surface area (Å²) in [6.45, 7) is 9.63. The zero-order chi connectivity index (χ0) is 32.9. The summed E-state index contributed by atoms with van der Waals surface area (Å²) in [5, 5.41) is 18.6. The Kier molecular flexibility index (Phi) is 12.9. The standard InChI is InChI=1S/C31H47N9O6/c1-31(2,3)46-30(42)36-24-8-5-4-7-23(24)35-29-37-28(26(27(33)41)38-39-29)34-22-9-6-10-25-21(22)11-13-40(25)14-16-44-18-20-45-19-17-43-15-12-32/h6,9-11,13,23-24H,4-5,7-8,12,14-20,32H2,1-3H3,(H2,33,41)(H,36,42)(H2,34,35,37,39)/t23-,24+/m1/s1. The fourth-order valence-electron chi connectivity index (χ4n) is 5.18. The molecule has 1 saturated carbocycles. The van der Waals surface area contributed by atoms with Crippen molar-refractivity contribution in [1.29, 1.82) is 0 Å². The number of amides is 2. The molecule has 2 atom stereocenters. The SMILES string of the molecule is CC(C)(C)OC(=O)N[C@H]1CCCC[C@H]1Nc1nnc(C(N)=O)c(Nc2cccc3c2ccn3CCOCCOCCOCCN)n1. The highest BCUT2D eigenvalue weighted by Gasteiger charge is 2.29. The Labute approximate surface area is 269 Å². The molecule has 0 bridgehead atoms. The van der Waals surface area contributed by atoms with E-state index >= 15 is 0 Å². The van der Waals surface area contributed by atoms with E-state index in [-0.39, 0.29) is 29.5 Å². The number of alkyl carbamates (subject to hydrolysis) is 1. The zero-order valence-electron chi connectivity index (χ0n) is 26.9. The van der Waals surface area contributed by atoms with Crippen LogP contribution in [0.5, 0.6) is 0 Å². The molecule has 4 rings (SSSR count). The Balaban J connectivity index is 1.39. The third kappa shape index (κ3) is 10.5. The second-order valence-electron chi connectivity index (χ2n) is 12.0. The number of ether oxygens (including phenoxy) is 4. The van der Waals surface area contributed by atoms with Crippen molar-refractivity contribution in [2.24, 2.45) is 11.5 Å². The van der Waals surface area contributed by atoms with Gasteiger partial charge in [0.25, 0.3) is 5.91 Å². The Morgan fingerprint density at radius 2 is 1.65 bits per heavy atom. The number of fused-ring (bicyclic) bond motifs is 1. The number of aromatic nitrogens is 4. The fraction of sp³-hybridized carbons (Fsp3) is 0.581. The topological polar surface area (TPSA) is 203 Å². The van der Waals surface area contributed by atoms with E-state index in [0.29, 0.717) is 52.7 Å². The van der Waals surface area contributed by atoms with Crippen LogP contribution in [0.15, 0.2) is 30.5 Å². The molecule has 46 heavy (non-hydrogen) atoms. The molecular weight excluding hydrogens is 594 g/mol. The summed E-state index contributed by atoms with van der Waals surface area (Å²) >= 11 is 0. The van der Waals surface area contributed by atoms with Gasteiger partial charge in [-0.15, -0.1) is 10.2 Å². The molecule has 15 nitrogen and oxygen atoms in total. The minimum atomic E-state index is -0.759. The monoisotopic (exact) mass is 641 g/mol. The maximum Gasteiger partial charge on any atom is 0.407 e. The summed E-state index contributed by atoms with van der Waals surface area (Å²) in [6, 6.07) is 7.44. The van der Waals surface area contributed by atoms with Crippen molar-refractivity contribution in [2.75, 3.05) is 56.8 Å². The lowest BCUT2D eigenvalue weighted by atomic mass is 9.90. The van der Waals surface area contributed by atoms with Gasteiger partial charge in [0.1, 0.15) is 5.60 Å². The Hall–Kier alpha value is -4.05. The number of hydrogen-bond donors (Lipinski definition) is 5. The summed E-state index contributed by atoms with van der Waals surface area (Å²) < 4.78 is 24.1. The minimum Gasteiger partial charge on any atom is -0.444 e. The predicted octanol–water partition coefficient (Wildman–Crippen LogP) is 2.93. The first-order valence-electron chi connectivity index (χ1n) is 15.7. The second-order valence-corrected chi connectivity index (χ2v) is 12.0. The van der Waals surface area contributed by atoms with Crippen LogP contribution < -0.4 is 27.4 Å². The number of hydrogen-bond acceptors (Lipinski definition) is 12. The van der Waals surface area contributed by atoms with E-state index < -0.39 is 17.6 Å². The highest BCUT2D eigenvalue weighted by Crippen LogP contribution is 2.29. The normalized spacial score (nSPS) is 16.7. The number of nitrogens with two attached hydrogens (primary N) is 2. The number of nitrogens with one attached hydrogen (secondary N) is 3. The van der Waals surface area contributed by atoms with Crippen LogP contribution in [0.25, 0.3) is 10.9 Å². The number of nitrogens with zero attached hydrogens (tertiary/aromatic N) is 4. The van der Waals surface area contributed by atoms with Crippen LogP contribution in [0.4, 0.5) is 22.2 Å². The van der Waals surface area contributed by atoms with Gasteiger partial charge in [0.15, 0.2) is 11.5 Å². The molecule has 0 spiro atoms. The molecule has 0 radical (unpaired) electrons. The fourth-order valence-corrected chi connectivity index (χ4v) is 5.18. The Morgan fingerprint density at radius 3 is 2.35 bits per heavy atom. The van der Waals surface area contributed by atoms with Gasteiger partial charge < -0.3 is 50.9 Å². The summed E-state index contributed by atoms with van der Waals surface area (Å²) in [7, 11) is 0. The van der Waals surface area contributed by atoms with Crippen molar-refractivity contribution >= 4 is 40.4 Å². The minimum absolute atomic E-state index is 0.0874. The van der Waals surface area contributed by atoms with Crippen molar-refractivity contribution < 1.29 is 28.5 Å². The number of primary amides is 1. The van der Waals surface area contributed by atoms with Crippen molar-refractivity contribution in [2.45, 2.75) is 70.7 Å². The molecule has 2 heterocycles. The van der Waals surface area contributed by atoms with E-state index in [2.05, 4.69) is 35.7 Å². The van der Waals surface area contributed by atoms with Crippen molar-refractivity contribution in [3.05, 3.63) is 36.2 Å². The maximum absolute atomic E-state index is 12.5. The van der Waals surface area contributed by atoms with E-state index in [0.717, 1.165) is 42.3 Å². The highest BCUT2D eigenvalue weighted by molar-refractivity contribution is 5.99. The van der Waals surface area contributed by atoms with E-state index in [1.165, 1.54) is 0 Å². The predicted molar refractivity (Wildman–Crippen MR) is 174 cm³/mol. The van der Waals surface area contributed by atoms with Crippen molar-refractivity contribution in [3.63, 3.8) is 0 Å². The first-order valence-corrected chi connectivity index (χ1v) is 15.7. The summed E-state index contributed by atoms with van der Waals surface area (Å²) in [4.78, 5) is 29.3. The second kappa shape index (κ2) is 17.0. The van der Waals surface area contributed by atoms with Crippen molar-refractivity contribution in [3.8, 4) is 0 Å². The molecule has 2 aromatic heterocycles. The van der Waals surface area contributed by atoms with E-state index in [1.807, 2.05) is 51.2 Å². The van der Waals surface area contributed by atoms with Crippen LogP contribution in [0.2, 0.25) is 0 Å². The van der Waals surface area contributed by atoms with Crippen LogP contribution in [0.1, 0.15) is 56.9 Å². The molecule has 1 aliphatic rings. The lowest BCUT2D eigenvalue weighted by Gasteiger charge is -2.33. The van der Waals surface area contributed by atoms with Gasteiger partial charge in [-0.05, 0) is 51.8 Å². The van der Waals surface area contributed by atoms with Gasteiger partial charge in [-0.1, -0.05) is 18.9 Å². The molecular formula is C31H47N9O6. The van der Waals surface area contributed by atoms with Crippen LogP contribution in [-0.2, 0) is 25.5 Å². The molecule has 0 unspecified atom stereocenters. The highest BCUT2D eigenvalue weighted by atomic mass is 16.6. The summed E-state index contributed by atoms with van der Waals surface area (Å²) in [5.74, 6) is -0.371. The molecule has 2 amide bonds. The summed E-state index contributed by atoms with van der Waals surface area (Å²) in [6.07, 6.45) is 5.02. The van der Waals surface area contributed by atoms with Gasteiger partial charge in [-0.25, -0.2) is 4.79 Å². The van der Waals surface area contributed by atoms with E-state index in [9.17, 15) is 9.59 Å². The summed E-state index contributed by atoms with van der Waals surface area (Å²) in [5.41, 5.74) is 12.0. The Morgan fingerprint density at radius 1 is 0.957 bits per heavy atom. The molecule has 252 valence electrons. The molecule has 0 saturated heterocycles. The average molecular weight is 642 g/mol. The number of rotatable bonds is 17. The molecule has 0 aliphatic heterocycles. The first kappa shape index (κ1) is 34.8. The quantitative estimate of drug-likeness (QED) is 0.135. The molecule has 15 heteroatoms. The third-order valence-corrected chi connectivity index (χ3v) is 7.25. The molecule has 3 aromatic rings. The van der Waals surface area contributed by atoms with Gasteiger partial charge in [-0.3, -0.25) is 4.79 Å². The van der Waals surface area contributed by atoms with Gasteiger partial charge >= 0.3 is 6.09 Å². The van der Waals surface area contributed by atoms with Crippen LogP contribution >= 0.6 is 0 Å². The number of carbonyl (C=O) groups is 2. The molecule has 1 aromatic carbocycles. The first-order chi connectivity index (χ1) is 22.1. The van der Waals surface area contributed by atoms with Gasteiger partial charge in [0, 0.05) is 36.4 Å². The molecule has 1 fully saturated rings. The number of anilines is 3. The number of carbonyl (C=O) groups excluding carboxylic acids is 2. The Bertz CT molecular complexity index is 1430. The van der Waals surface area contributed by atoms with Crippen LogP contribution in [0.3, 0.4) is 0 Å². The lowest BCUT2D eigenvalue weighted by Crippen LogP contribution is -2.50.